The molecule has 0 saturated carbocycles. The summed E-state index contributed by atoms with van der Waals surface area (Å²) < 4.78 is 42.4. The molecule has 1 N–H and O–H groups in total. The van der Waals surface area contributed by atoms with Gasteiger partial charge in [-0.2, -0.15) is 0 Å². The Morgan fingerprint density at radius 3 is 2.55 bits per heavy atom. The van der Waals surface area contributed by atoms with Gasteiger partial charge in [0.15, 0.2) is 0 Å². The van der Waals surface area contributed by atoms with E-state index in [1.807, 2.05) is 12.1 Å². The standard InChI is InChI=1S/C32H36FN7O2S2/c1-4-44(41,42)40-17-13-23(14-18-40)31-37-29(22-5-7-25(33)8-6-22)30(43-31)27-11-15-34-32(36-27)35-26-9-10-28-24(21-26)12-16-39(28)20-19-38(2)3/h5-12,15-16,21,23H,4,13-14,17-20H2,1-3H3,(H,34,35,36). The smallest absolute Gasteiger partial charge is 0.227 e. The molecule has 6 rings (SSSR count). The molecule has 1 aliphatic rings. The summed E-state index contributed by atoms with van der Waals surface area (Å²) in [6, 6.07) is 16.5. The summed E-state index contributed by atoms with van der Waals surface area (Å²) in [6.07, 6.45) is 5.23. The molecular weight excluding hydrogens is 598 g/mol. The van der Waals surface area contributed by atoms with Crippen LogP contribution in [0.15, 0.2) is 67.0 Å². The van der Waals surface area contributed by atoms with Crippen LogP contribution in [0, 0.1) is 5.82 Å². The van der Waals surface area contributed by atoms with Crippen LogP contribution in [0.5, 0.6) is 0 Å². The second kappa shape index (κ2) is 12.7. The Bertz CT molecular complexity index is 1860. The highest BCUT2D eigenvalue weighted by atomic mass is 32.2. The van der Waals surface area contributed by atoms with Crippen molar-refractivity contribution in [1.29, 1.82) is 0 Å². The average Bonchev–Trinajstić information content (AvgIpc) is 3.65. The second-order valence-corrected chi connectivity index (χ2v) is 14.6. The summed E-state index contributed by atoms with van der Waals surface area (Å²) in [5.41, 5.74) is 4.31. The highest BCUT2D eigenvalue weighted by Crippen LogP contribution is 2.41. The SMILES string of the molecule is CCS(=O)(=O)N1CCC(c2nc(-c3ccc(F)cc3)c(-c3ccnc(Nc4ccc5c(ccn5CCN(C)C)c4)n3)s2)CC1. The number of piperidine rings is 1. The van der Waals surface area contributed by atoms with Gasteiger partial charge in [0, 0.05) is 66.6 Å². The minimum atomic E-state index is -3.21. The number of thiazole rings is 1. The first kappa shape index (κ1) is 30.3. The van der Waals surface area contributed by atoms with E-state index in [1.165, 1.54) is 17.6 Å². The van der Waals surface area contributed by atoms with E-state index >= 15 is 0 Å². The number of nitrogens with zero attached hydrogens (tertiary/aromatic N) is 6. The van der Waals surface area contributed by atoms with Gasteiger partial charge in [0.25, 0.3) is 0 Å². The van der Waals surface area contributed by atoms with Gasteiger partial charge < -0.3 is 14.8 Å². The van der Waals surface area contributed by atoms with E-state index in [-0.39, 0.29) is 17.5 Å². The number of likely N-dealkylation sites (N-methyl/N-ethyl adjacent to an activating group) is 1. The normalized spacial score (nSPS) is 14.9. The van der Waals surface area contributed by atoms with E-state index in [1.54, 1.807) is 40.9 Å². The van der Waals surface area contributed by atoms with Crippen LogP contribution in [-0.2, 0) is 16.6 Å². The fourth-order valence-corrected chi connectivity index (χ4v) is 7.87. The van der Waals surface area contributed by atoms with Crippen molar-refractivity contribution in [2.24, 2.45) is 0 Å². The number of aromatic nitrogens is 4. The minimum Gasteiger partial charge on any atom is -0.346 e. The van der Waals surface area contributed by atoms with Crippen LogP contribution in [0.1, 0.15) is 30.7 Å². The van der Waals surface area contributed by atoms with Gasteiger partial charge in [-0.15, -0.1) is 11.3 Å². The topological polar surface area (TPSA) is 96.2 Å². The highest BCUT2D eigenvalue weighted by Gasteiger charge is 2.30. The van der Waals surface area contributed by atoms with Gasteiger partial charge in [0.05, 0.1) is 27.0 Å². The molecule has 9 nitrogen and oxygen atoms in total. The molecule has 1 fully saturated rings. The third-order valence-corrected chi connectivity index (χ3v) is 11.1. The van der Waals surface area contributed by atoms with E-state index < -0.39 is 10.0 Å². The summed E-state index contributed by atoms with van der Waals surface area (Å²) in [4.78, 5) is 17.4. The third kappa shape index (κ3) is 6.53. The van der Waals surface area contributed by atoms with Crippen LogP contribution in [0.4, 0.5) is 16.0 Å². The van der Waals surface area contributed by atoms with Crippen LogP contribution < -0.4 is 5.32 Å². The Morgan fingerprint density at radius 1 is 1.05 bits per heavy atom. The molecular formula is C32H36FN7O2S2. The largest absolute Gasteiger partial charge is 0.346 e. The molecule has 230 valence electrons. The minimum absolute atomic E-state index is 0.106. The van der Waals surface area contributed by atoms with Crippen molar-refractivity contribution in [3.05, 3.63) is 77.8 Å². The third-order valence-electron chi connectivity index (χ3n) is 8.03. The molecule has 0 radical (unpaired) electrons. The number of fused-ring (bicyclic) bond motifs is 1. The van der Waals surface area contributed by atoms with E-state index in [4.69, 9.17) is 9.97 Å². The summed E-state index contributed by atoms with van der Waals surface area (Å²) >= 11 is 1.56. The van der Waals surface area contributed by atoms with Crippen molar-refractivity contribution in [2.75, 3.05) is 44.8 Å². The maximum absolute atomic E-state index is 13.8. The number of halogens is 1. The fraction of sp³-hybridized carbons (Fsp3) is 0.344. The van der Waals surface area contributed by atoms with E-state index in [9.17, 15) is 12.8 Å². The predicted molar refractivity (Wildman–Crippen MR) is 175 cm³/mol. The molecule has 5 aromatic rings. The first-order valence-electron chi connectivity index (χ1n) is 14.8. The summed E-state index contributed by atoms with van der Waals surface area (Å²) in [5.74, 6) is 0.392. The van der Waals surface area contributed by atoms with Crippen molar-refractivity contribution in [3.63, 3.8) is 0 Å². The lowest BCUT2D eigenvalue weighted by molar-refractivity contribution is 0.319. The van der Waals surface area contributed by atoms with Gasteiger partial charge in [-0.1, -0.05) is 0 Å². The van der Waals surface area contributed by atoms with Gasteiger partial charge >= 0.3 is 0 Å². The van der Waals surface area contributed by atoms with E-state index in [2.05, 4.69) is 58.3 Å². The molecule has 1 aliphatic heterocycles. The zero-order valence-electron chi connectivity index (χ0n) is 25.1. The van der Waals surface area contributed by atoms with Gasteiger partial charge in [-0.05, 0) is 88.5 Å². The van der Waals surface area contributed by atoms with Gasteiger partial charge in [-0.3, -0.25) is 0 Å². The summed E-state index contributed by atoms with van der Waals surface area (Å²) in [5, 5.41) is 5.43. The number of nitrogens with one attached hydrogen (secondary N) is 1. The second-order valence-electron chi connectivity index (χ2n) is 11.3. The fourth-order valence-electron chi connectivity index (χ4n) is 5.51. The number of rotatable bonds is 10. The molecule has 0 aliphatic carbocycles. The van der Waals surface area contributed by atoms with Crippen LogP contribution in [0.3, 0.4) is 0 Å². The van der Waals surface area contributed by atoms with Crippen molar-refractivity contribution in [3.8, 4) is 21.8 Å². The molecule has 0 amide bonds. The van der Waals surface area contributed by atoms with Crippen LogP contribution in [-0.4, -0.2) is 76.6 Å². The van der Waals surface area contributed by atoms with Crippen LogP contribution in [0.2, 0.25) is 0 Å². The molecule has 1 saturated heterocycles. The highest BCUT2D eigenvalue weighted by molar-refractivity contribution is 7.89. The average molecular weight is 634 g/mol. The number of benzene rings is 2. The first-order chi connectivity index (χ1) is 21.2. The lowest BCUT2D eigenvalue weighted by atomic mass is 9.99. The molecule has 0 bridgehead atoms. The lowest BCUT2D eigenvalue weighted by Crippen LogP contribution is -2.38. The zero-order valence-corrected chi connectivity index (χ0v) is 26.7. The molecule has 0 unspecified atom stereocenters. The summed E-state index contributed by atoms with van der Waals surface area (Å²) in [6.45, 7) is 4.51. The van der Waals surface area contributed by atoms with Gasteiger partial charge in [-0.25, -0.2) is 32.1 Å². The van der Waals surface area contributed by atoms with Crippen molar-refractivity contribution < 1.29 is 12.8 Å². The van der Waals surface area contributed by atoms with Crippen molar-refractivity contribution >= 4 is 43.9 Å². The molecule has 4 heterocycles. The summed E-state index contributed by atoms with van der Waals surface area (Å²) in [7, 11) is 0.931. The number of sulfonamides is 1. The Kier molecular flexibility index (Phi) is 8.77. The monoisotopic (exact) mass is 633 g/mol. The number of anilines is 2. The van der Waals surface area contributed by atoms with Gasteiger partial charge in [0.2, 0.25) is 16.0 Å². The molecule has 12 heteroatoms. The zero-order chi connectivity index (χ0) is 30.8. The van der Waals surface area contributed by atoms with Crippen LogP contribution >= 0.6 is 11.3 Å². The van der Waals surface area contributed by atoms with Crippen molar-refractivity contribution in [1.82, 2.24) is 28.7 Å². The Hall–Kier alpha value is -3.71. The molecule has 0 spiro atoms. The molecule has 44 heavy (non-hydrogen) atoms. The Labute approximate surface area is 261 Å². The number of hydrogen-bond acceptors (Lipinski definition) is 8. The Balaban J connectivity index is 1.28. The quantitative estimate of drug-likeness (QED) is 0.196. The van der Waals surface area contributed by atoms with E-state index in [0.717, 1.165) is 45.3 Å². The number of hydrogen-bond donors (Lipinski definition) is 1. The van der Waals surface area contributed by atoms with Crippen LogP contribution in [0.25, 0.3) is 32.7 Å². The predicted octanol–water partition coefficient (Wildman–Crippen LogP) is 6.20. The van der Waals surface area contributed by atoms with Crippen molar-refractivity contribution in [2.45, 2.75) is 32.2 Å². The molecule has 0 atom stereocenters. The van der Waals surface area contributed by atoms with Gasteiger partial charge in [0.1, 0.15) is 5.82 Å². The van der Waals surface area contributed by atoms with E-state index in [0.29, 0.717) is 37.6 Å². The maximum Gasteiger partial charge on any atom is 0.227 e. The molecule has 2 aromatic carbocycles. The molecule has 3 aromatic heterocycles. The Morgan fingerprint density at radius 2 is 1.82 bits per heavy atom. The lowest BCUT2D eigenvalue weighted by Gasteiger charge is -2.29. The first-order valence-corrected chi connectivity index (χ1v) is 17.2. The maximum atomic E-state index is 13.8.